The molecule has 0 saturated heterocycles. The highest BCUT2D eigenvalue weighted by molar-refractivity contribution is 6.13. The van der Waals surface area contributed by atoms with E-state index in [4.69, 9.17) is 9.97 Å². The van der Waals surface area contributed by atoms with Gasteiger partial charge in [-0.1, -0.05) is 139 Å². The fraction of sp³-hybridized carbons (Fsp3) is 0.170. The van der Waals surface area contributed by atoms with E-state index in [2.05, 4.69) is 202 Å². The maximum atomic E-state index is 5.29. The molecule has 0 saturated carbocycles. The summed E-state index contributed by atoms with van der Waals surface area (Å²) in [6.45, 7) is 14.6. The lowest BCUT2D eigenvalue weighted by Crippen LogP contribution is -2.42. The van der Waals surface area contributed by atoms with Crippen LogP contribution in [0.5, 0.6) is 0 Å². The van der Waals surface area contributed by atoms with Gasteiger partial charge in [-0.05, 0) is 99.2 Å². The minimum Gasteiger partial charge on any atom is -0.309 e. The summed E-state index contributed by atoms with van der Waals surface area (Å²) in [5.41, 5.74) is 14.2. The molecule has 0 bridgehead atoms. The summed E-state index contributed by atoms with van der Waals surface area (Å²) in [5.74, 6) is 0.670. The van der Waals surface area contributed by atoms with Crippen LogP contribution in [0, 0.1) is 5.41 Å². The predicted octanol–water partition coefficient (Wildman–Crippen LogP) is 13.8. The Morgan fingerprint density at radius 2 is 0.912 bits per heavy atom. The van der Waals surface area contributed by atoms with Crippen LogP contribution in [0.25, 0.3) is 88.5 Å². The number of hydrogen-bond donors (Lipinski definition) is 0. The number of para-hydroxylation sites is 3. The van der Waals surface area contributed by atoms with E-state index in [9.17, 15) is 0 Å². The number of nitrogens with zero attached hydrogens (tertiary/aromatic N) is 4. The summed E-state index contributed by atoms with van der Waals surface area (Å²) in [5, 5.41) is 5.97. The zero-order chi connectivity index (χ0) is 38.8. The Labute approximate surface area is 333 Å². The van der Waals surface area contributed by atoms with Crippen molar-refractivity contribution in [2.45, 2.75) is 52.4 Å². The van der Waals surface area contributed by atoms with Crippen LogP contribution >= 0.6 is 0 Å². The Hall–Kier alpha value is -6.52. The molecule has 0 aliphatic heterocycles. The molecular formula is C53H44N4. The topological polar surface area (TPSA) is 35.6 Å². The normalized spacial score (nSPS) is 15.6. The van der Waals surface area contributed by atoms with Crippen LogP contribution in [0.1, 0.15) is 52.7 Å². The average Bonchev–Trinajstić information content (AvgIpc) is 3.77. The van der Waals surface area contributed by atoms with Gasteiger partial charge >= 0.3 is 0 Å². The first-order valence-electron chi connectivity index (χ1n) is 20.1. The van der Waals surface area contributed by atoms with Gasteiger partial charge in [0, 0.05) is 38.2 Å². The molecule has 0 unspecified atom stereocenters. The number of hydrogen-bond acceptors (Lipinski definition) is 2. The molecule has 0 N–H and O–H groups in total. The highest BCUT2D eigenvalue weighted by Crippen LogP contribution is 2.62. The van der Waals surface area contributed by atoms with Gasteiger partial charge in [-0.25, -0.2) is 9.97 Å². The number of rotatable bonds is 4. The number of aromatic nitrogens is 4. The predicted molar refractivity (Wildman–Crippen MR) is 239 cm³/mol. The van der Waals surface area contributed by atoms with Gasteiger partial charge in [0.2, 0.25) is 5.95 Å². The molecule has 1 aliphatic carbocycles. The van der Waals surface area contributed by atoms with Crippen molar-refractivity contribution < 1.29 is 0 Å². The first kappa shape index (κ1) is 33.8. The molecule has 3 heterocycles. The van der Waals surface area contributed by atoms with Gasteiger partial charge in [-0.3, -0.25) is 4.57 Å². The van der Waals surface area contributed by atoms with Crippen molar-refractivity contribution in [3.8, 4) is 34.0 Å². The van der Waals surface area contributed by atoms with Crippen molar-refractivity contribution in [1.29, 1.82) is 0 Å². The maximum Gasteiger partial charge on any atom is 0.235 e. The Kier molecular flexibility index (Phi) is 6.97. The van der Waals surface area contributed by atoms with Crippen LogP contribution in [0.15, 0.2) is 158 Å². The molecular weight excluding hydrogens is 693 g/mol. The minimum absolute atomic E-state index is 0.00860. The molecule has 0 radical (unpaired) electrons. The second kappa shape index (κ2) is 11.8. The zero-order valence-corrected chi connectivity index (χ0v) is 33.3. The van der Waals surface area contributed by atoms with E-state index in [0.29, 0.717) is 5.95 Å². The molecule has 4 nitrogen and oxygen atoms in total. The molecule has 0 fully saturated rings. The van der Waals surface area contributed by atoms with Crippen LogP contribution in [0.2, 0.25) is 0 Å². The molecule has 0 amide bonds. The maximum absolute atomic E-state index is 5.29. The van der Waals surface area contributed by atoms with Crippen molar-refractivity contribution in [2.24, 2.45) is 5.41 Å². The third kappa shape index (κ3) is 4.61. The van der Waals surface area contributed by atoms with Gasteiger partial charge < -0.3 is 4.57 Å². The standard InChI is InChI=1S/C53H44N4/c1-51(2)42-31-41-40-30-35(25-27-46(40)56(36-19-11-8-12-20-36)48(41)32-43(42)52(3,4)53(51,5)6)34-26-28-47-39(29-34)37-21-14-16-24-45(37)57(47)50-54-44-23-15-13-22-38(44)49(55-50)33-17-9-7-10-18-33/h7-32H,1-6H3. The molecule has 1 aliphatic rings. The Bertz CT molecular complexity index is 3250. The van der Waals surface area contributed by atoms with E-state index in [1.165, 1.54) is 60.5 Å². The van der Waals surface area contributed by atoms with E-state index in [0.717, 1.165) is 33.2 Å². The fourth-order valence-corrected chi connectivity index (χ4v) is 9.94. The molecule has 276 valence electrons. The van der Waals surface area contributed by atoms with Gasteiger partial charge in [-0.2, -0.15) is 0 Å². The van der Waals surface area contributed by atoms with E-state index >= 15 is 0 Å². The van der Waals surface area contributed by atoms with E-state index < -0.39 is 0 Å². The first-order chi connectivity index (χ1) is 27.5. The van der Waals surface area contributed by atoms with Crippen LogP contribution in [0.3, 0.4) is 0 Å². The van der Waals surface area contributed by atoms with Crippen molar-refractivity contribution >= 4 is 54.5 Å². The molecule has 11 rings (SSSR count). The number of benzene rings is 7. The van der Waals surface area contributed by atoms with Crippen molar-refractivity contribution in [3.63, 3.8) is 0 Å². The zero-order valence-electron chi connectivity index (χ0n) is 33.3. The summed E-state index contributed by atoms with van der Waals surface area (Å²) in [6, 6.07) is 57.2. The van der Waals surface area contributed by atoms with Crippen molar-refractivity contribution in [3.05, 3.63) is 169 Å². The summed E-state index contributed by atoms with van der Waals surface area (Å²) in [7, 11) is 0. The highest BCUT2D eigenvalue weighted by atomic mass is 15.2. The van der Waals surface area contributed by atoms with Crippen LogP contribution in [0.4, 0.5) is 0 Å². The van der Waals surface area contributed by atoms with Crippen molar-refractivity contribution in [2.75, 3.05) is 0 Å². The molecule has 4 heteroatoms. The Morgan fingerprint density at radius 3 is 1.61 bits per heavy atom. The average molecular weight is 737 g/mol. The van der Waals surface area contributed by atoms with Crippen LogP contribution in [-0.2, 0) is 10.8 Å². The lowest BCUT2D eigenvalue weighted by Gasteiger charge is -2.44. The Balaban J connectivity index is 1.13. The highest BCUT2D eigenvalue weighted by Gasteiger charge is 2.57. The van der Waals surface area contributed by atoms with Crippen molar-refractivity contribution in [1.82, 2.24) is 19.1 Å². The first-order valence-corrected chi connectivity index (χ1v) is 20.1. The lowest BCUT2D eigenvalue weighted by molar-refractivity contribution is 0.125. The Morgan fingerprint density at radius 1 is 0.386 bits per heavy atom. The van der Waals surface area contributed by atoms with Gasteiger partial charge in [0.25, 0.3) is 0 Å². The van der Waals surface area contributed by atoms with Crippen LogP contribution < -0.4 is 0 Å². The monoisotopic (exact) mass is 736 g/mol. The molecule has 3 aromatic heterocycles. The molecule has 0 atom stereocenters. The van der Waals surface area contributed by atoms with E-state index in [1.807, 2.05) is 6.07 Å². The lowest BCUT2D eigenvalue weighted by atomic mass is 9.59. The smallest absolute Gasteiger partial charge is 0.235 e. The summed E-state index contributed by atoms with van der Waals surface area (Å²) in [6.07, 6.45) is 0. The quantitative estimate of drug-likeness (QED) is 0.180. The summed E-state index contributed by atoms with van der Waals surface area (Å²) >= 11 is 0. The molecule has 0 spiro atoms. The van der Waals surface area contributed by atoms with Gasteiger partial charge in [0.05, 0.1) is 33.3 Å². The van der Waals surface area contributed by atoms with E-state index in [1.54, 1.807) is 0 Å². The molecule has 57 heavy (non-hydrogen) atoms. The third-order valence-electron chi connectivity index (χ3n) is 14.2. The number of fused-ring (bicyclic) bond motifs is 8. The second-order valence-corrected chi connectivity index (χ2v) is 17.5. The SMILES string of the molecule is CC1(C)c2cc3c4cc(-c5ccc6c(c5)c5ccccc5n6-c5nc(-c6ccccc6)c6ccccc6n5)ccc4n(-c4ccccc4)c3cc2C(C)(C)C1(C)C. The fourth-order valence-electron chi connectivity index (χ4n) is 9.94. The molecule has 7 aromatic carbocycles. The summed E-state index contributed by atoms with van der Waals surface area (Å²) < 4.78 is 4.70. The van der Waals surface area contributed by atoms with E-state index in [-0.39, 0.29) is 16.2 Å². The van der Waals surface area contributed by atoms with Crippen LogP contribution in [-0.4, -0.2) is 19.1 Å². The largest absolute Gasteiger partial charge is 0.309 e. The van der Waals surface area contributed by atoms with Gasteiger partial charge in [0.1, 0.15) is 0 Å². The van der Waals surface area contributed by atoms with Gasteiger partial charge in [-0.15, -0.1) is 0 Å². The third-order valence-corrected chi connectivity index (χ3v) is 14.2. The minimum atomic E-state index is 0.00860. The summed E-state index contributed by atoms with van der Waals surface area (Å²) in [4.78, 5) is 10.5. The molecule has 10 aromatic rings. The van der Waals surface area contributed by atoms with Gasteiger partial charge in [0.15, 0.2) is 0 Å². The second-order valence-electron chi connectivity index (χ2n) is 17.5.